The Hall–Kier alpha value is -2.89. The molecular weight excluding hydrogens is 416 g/mol. The molecule has 13 heteroatoms. The Kier molecular flexibility index (Phi) is 11.3. The molecule has 13 nitrogen and oxygen atoms in total. The molecule has 0 aromatic carbocycles. The molecule has 2 N–H and O–H groups in total. The van der Waals surface area contributed by atoms with E-state index in [2.05, 4.69) is 15.3 Å². The molecule has 0 saturated carbocycles. The summed E-state index contributed by atoms with van der Waals surface area (Å²) in [7, 11) is 0. The Labute approximate surface area is 179 Å². The third-order valence-electron chi connectivity index (χ3n) is 4.26. The summed E-state index contributed by atoms with van der Waals surface area (Å²) in [6.45, 7) is 3.49. The van der Waals surface area contributed by atoms with Gasteiger partial charge in [-0.05, 0) is 18.4 Å². The summed E-state index contributed by atoms with van der Waals surface area (Å²) in [5.41, 5.74) is 8.66. The number of carboxylic acids is 1. The van der Waals surface area contributed by atoms with Crippen molar-refractivity contribution in [3.63, 3.8) is 0 Å². The second-order valence-electron chi connectivity index (χ2n) is 6.91. The fraction of sp³-hybridized carbons (Fsp3) is 0.778. The van der Waals surface area contributed by atoms with Crippen molar-refractivity contribution < 1.29 is 43.2 Å². The predicted molar refractivity (Wildman–Crippen MR) is 103 cm³/mol. The van der Waals surface area contributed by atoms with Crippen molar-refractivity contribution in [1.29, 1.82) is 0 Å². The number of hydrogen-bond donors (Lipinski definition) is 2. The maximum absolute atomic E-state index is 11.8. The molecule has 1 saturated heterocycles. The Morgan fingerprint density at radius 1 is 1.06 bits per heavy atom. The molecule has 0 spiro atoms. The van der Waals surface area contributed by atoms with Gasteiger partial charge in [0, 0.05) is 38.7 Å². The van der Waals surface area contributed by atoms with Gasteiger partial charge in [0.1, 0.15) is 12.1 Å². The van der Waals surface area contributed by atoms with Gasteiger partial charge < -0.3 is 29.4 Å². The maximum atomic E-state index is 11.8. The zero-order valence-corrected chi connectivity index (χ0v) is 17.7. The average Bonchev–Trinajstić information content (AvgIpc) is 2.66. The molecule has 1 aliphatic heterocycles. The van der Waals surface area contributed by atoms with Crippen molar-refractivity contribution in [2.45, 2.75) is 77.1 Å². The van der Waals surface area contributed by atoms with E-state index in [9.17, 15) is 19.2 Å². The van der Waals surface area contributed by atoms with Gasteiger partial charge in [0.25, 0.3) is 0 Å². The first-order valence-electron chi connectivity index (χ1n) is 9.77. The molecule has 1 amide bonds. The summed E-state index contributed by atoms with van der Waals surface area (Å²) in [6.07, 6.45) is -2.77. The van der Waals surface area contributed by atoms with Crippen LogP contribution in [-0.2, 0) is 38.1 Å². The first-order valence-corrected chi connectivity index (χ1v) is 9.77. The van der Waals surface area contributed by atoms with Crippen molar-refractivity contribution in [3.05, 3.63) is 10.4 Å². The Balaban J connectivity index is 3.04. The number of azide groups is 1. The van der Waals surface area contributed by atoms with E-state index < -0.39 is 54.5 Å². The number of aliphatic carboxylic acids is 1. The van der Waals surface area contributed by atoms with Crippen molar-refractivity contribution in [3.8, 4) is 0 Å². The summed E-state index contributed by atoms with van der Waals surface area (Å²) < 4.78 is 22.1. The van der Waals surface area contributed by atoms with Crippen LogP contribution in [0, 0.1) is 0 Å². The van der Waals surface area contributed by atoms with Gasteiger partial charge >= 0.3 is 17.9 Å². The monoisotopic (exact) mass is 444 g/mol. The van der Waals surface area contributed by atoms with Crippen molar-refractivity contribution in [2.75, 3.05) is 13.2 Å². The van der Waals surface area contributed by atoms with Crippen LogP contribution in [0.2, 0.25) is 0 Å². The van der Waals surface area contributed by atoms with E-state index >= 15 is 0 Å². The first-order chi connectivity index (χ1) is 14.6. The average molecular weight is 444 g/mol. The normalized spacial score (nSPS) is 25.1. The van der Waals surface area contributed by atoms with Crippen LogP contribution in [0.5, 0.6) is 0 Å². The Bertz CT molecular complexity index is 696. The molecule has 1 heterocycles. The minimum Gasteiger partial charge on any atom is -0.481 e. The highest BCUT2D eigenvalue weighted by atomic mass is 16.7. The van der Waals surface area contributed by atoms with E-state index in [4.69, 9.17) is 29.6 Å². The van der Waals surface area contributed by atoms with Crippen LogP contribution in [0.3, 0.4) is 0 Å². The zero-order chi connectivity index (χ0) is 23.4. The second-order valence-corrected chi connectivity index (χ2v) is 6.91. The smallest absolute Gasteiger partial charge is 0.303 e. The van der Waals surface area contributed by atoms with E-state index in [-0.39, 0.29) is 19.6 Å². The third kappa shape index (κ3) is 9.64. The van der Waals surface area contributed by atoms with Gasteiger partial charge in [-0.1, -0.05) is 11.5 Å². The first kappa shape index (κ1) is 26.1. The Morgan fingerprint density at radius 2 is 1.71 bits per heavy atom. The highest BCUT2D eigenvalue weighted by molar-refractivity contribution is 5.73. The summed E-state index contributed by atoms with van der Waals surface area (Å²) in [5, 5.41) is 14.7. The molecule has 5 unspecified atom stereocenters. The number of ether oxygens (including phenoxy) is 4. The lowest BCUT2D eigenvalue weighted by molar-refractivity contribution is -0.269. The van der Waals surface area contributed by atoms with Crippen LogP contribution in [-0.4, -0.2) is 72.7 Å². The quantitative estimate of drug-likeness (QED) is 0.146. The fourth-order valence-electron chi connectivity index (χ4n) is 3.12. The molecule has 0 bridgehead atoms. The van der Waals surface area contributed by atoms with Crippen molar-refractivity contribution >= 4 is 23.8 Å². The molecular formula is C18H28N4O9. The van der Waals surface area contributed by atoms with Crippen LogP contribution in [0.25, 0.3) is 10.4 Å². The highest BCUT2D eigenvalue weighted by Crippen LogP contribution is 2.28. The molecule has 1 aliphatic rings. The largest absolute Gasteiger partial charge is 0.481 e. The van der Waals surface area contributed by atoms with Gasteiger partial charge in [-0.3, -0.25) is 19.2 Å². The predicted octanol–water partition coefficient (Wildman–Crippen LogP) is 1.05. The molecule has 0 aliphatic carbocycles. The Morgan fingerprint density at radius 3 is 2.26 bits per heavy atom. The number of amides is 1. The standard InChI is InChI=1S/C18H28N4O9/c1-10(23)21-15-17(30-12(3)25)16(29-11(2)24)13(9-20-22-19)31-18(15)28-8-6-4-5-7-14(26)27/h13,15-18H,4-9H2,1-3H3,(H,21,23)(H,26,27). The minimum absolute atomic E-state index is 0.0429. The van der Waals surface area contributed by atoms with Gasteiger partial charge in [-0.15, -0.1) is 0 Å². The van der Waals surface area contributed by atoms with Gasteiger partial charge in [0.2, 0.25) is 5.91 Å². The van der Waals surface area contributed by atoms with Crippen molar-refractivity contribution in [1.82, 2.24) is 5.32 Å². The van der Waals surface area contributed by atoms with E-state index in [1.54, 1.807) is 0 Å². The van der Waals surface area contributed by atoms with Gasteiger partial charge in [-0.25, -0.2) is 0 Å². The highest BCUT2D eigenvalue weighted by Gasteiger charge is 2.50. The molecule has 0 radical (unpaired) electrons. The topological polar surface area (TPSA) is 186 Å². The number of nitrogens with zero attached hydrogens (tertiary/aromatic N) is 3. The minimum atomic E-state index is -1.16. The van der Waals surface area contributed by atoms with Crippen LogP contribution in [0.4, 0.5) is 0 Å². The summed E-state index contributed by atoms with van der Waals surface area (Å²) in [6, 6.07) is -1.01. The van der Waals surface area contributed by atoms with Crippen LogP contribution < -0.4 is 5.32 Å². The lowest BCUT2D eigenvalue weighted by atomic mass is 9.95. The van der Waals surface area contributed by atoms with Crippen LogP contribution >= 0.6 is 0 Å². The summed E-state index contributed by atoms with van der Waals surface area (Å²) >= 11 is 0. The number of unbranched alkanes of at least 4 members (excludes halogenated alkanes) is 2. The fourth-order valence-corrected chi connectivity index (χ4v) is 3.12. The van der Waals surface area contributed by atoms with Crippen LogP contribution in [0.1, 0.15) is 46.5 Å². The lowest BCUT2D eigenvalue weighted by Gasteiger charge is -2.45. The van der Waals surface area contributed by atoms with Crippen molar-refractivity contribution in [2.24, 2.45) is 5.11 Å². The second kappa shape index (κ2) is 13.4. The zero-order valence-electron chi connectivity index (χ0n) is 17.7. The number of esters is 2. The number of carbonyl (C=O) groups excluding carboxylic acids is 3. The van der Waals surface area contributed by atoms with E-state index in [0.29, 0.717) is 19.3 Å². The number of rotatable bonds is 12. The number of carboxylic acid groups (broad SMARTS) is 1. The van der Waals surface area contributed by atoms with Crippen LogP contribution in [0.15, 0.2) is 5.11 Å². The third-order valence-corrected chi connectivity index (χ3v) is 4.26. The van der Waals surface area contributed by atoms with E-state index in [1.807, 2.05) is 0 Å². The molecule has 0 aromatic heterocycles. The number of hydrogen-bond acceptors (Lipinski definition) is 9. The molecule has 0 aromatic rings. The molecule has 5 atom stereocenters. The number of nitrogens with one attached hydrogen (secondary N) is 1. The molecule has 1 fully saturated rings. The SMILES string of the molecule is CC(=O)NC1C(OCCCCCC(=O)O)OC(CN=[N+]=[N-])C(OC(C)=O)C1OC(C)=O. The lowest BCUT2D eigenvalue weighted by Crippen LogP contribution is -2.66. The van der Waals surface area contributed by atoms with E-state index in [0.717, 1.165) is 13.8 Å². The molecule has 31 heavy (non-hydrogen) atoms. The molecule has 174 valence electrons. The van der Waals surface area contributed by atoms with E-state index in [1.165, 1.54) is 6.92 Å². The summed E-state index contributed by atoms with van der Waals surface area (Å²) in [4.78, 5) is 48.3. The maximum Gasteiger partial charge on any atom is 0.303 e. The number of carbonyl (C=O) groups is 4. The van der Waals surface area contributed by atoms with Gasteiger partial charge in [0.05, 0.1) is 6.54 Å². The van der Waals surface area contributed by atoms with Gasteiger partial charge in [0.15, 0.2) is 18.5 Å². The van der Waals surface area contributed by atoms with Gasteiger partial charge in [-0.2, -0.15) is 0 Å². The summed E-state index contributed by atoms with van der Waals surface area (Å²) in [5.74, 6) is -2.72. The molecule has 1 rings (SSSR count).